The summed E-state index contributed by atoms with van der Waals surface area (Å²) in [6, 6.07) is 15.6. The third-order valence-electron chi connectivity index (χ3n) is 5.30. The molecular weight excluding hydrogens is 464 g/mol. The fraction of sp³-hybridized carbons (Fsp3) is 0.261. The number of methoxy groups -OCH3 is 1. The number of aromatic nitrogens is 2. The molecule has 1 aromatic heterocycles. The predicted molar refractivity (Wildman–Crippen MR) is 133 cm³/mol. The van der Waals surface area contributed by atoms with Crippen molar-refractivity contribution < 1.29 is 9.26 Å². The van der Waals surface area contributed by atoms with Gasteiger partial charge < -0.3 is 19.5 Å². The molecule has 6 nitrogen and oxygen atoms in total. The van der Waals surface area contributed by atoms with E-state index in [4.69, 9.17) is 38.1 Å². The summed E-state index contributed by atoms with van der Waals surface area (Å²) < 4.78 is 11.0. The fourth-order valence-electron chi connectivity index (χ4n) is 3.63. The molecule has 1 unspecified atom stereocenters. The Bertz CT molecular complexity index is 1150. The van der Waals surface area contributed by atoms with Gasteiger partial charge >= 0.3 is 0 Å². The highest BCUT2D eigenvalue weighted by Gasteiger charge is 2.34. The average molecular weight is 487 g/mol. The number of hydrogen-bond acceptors (Lipinski definition) is 6. The van der Waals surface area contributed by atoms with Gasteiger partial charge in [-0.05, 0) is 55.2 Å². The predicted octanol–water partition coefficient (Wildman–Crippen LogP) is 5.42. The standard InChI is InChI=1S/C23H23ClN4O2S2/c1-14-19(22-26-21(27-30-22)16-5-4-6-17(24)13-16)20(15-7-9-18(32-3)10-8-15)25-23(31)28(14)11-12-29-2/h4-10,13,20H,11-12H2,1-3H3,(H,25,31). The lowest BCUT2D eigenvalue weighted by atomic mass is 9.95. The Kier molecular flexibility index (Phi) is 7.15. The number of hydrogen-bond donors (Lipinski definition) is 1. The molecule has 166 valence electrons. The second-order valence-corrected chi connectivity index (χ2v) is 8.94. The van der Waals surface area contributed by atoms with Crippen molar-refractivity contribution in [2.24, 2.45) is 0 Å². The summed E-state index contributed by atoms with van der Waals surface area (Å²) in [6.45, 7) is 3.17. The highest BCUT2D eigenvalue weighted by atomic mass is 35.5. The molecule has 1 N–H and O–H groups in total. The van der Waals surface area contributed by atoms with Crippen LogP contribution in [0, 0.1) is 0 Å². The van der Waals surface area contributed by atoms with Crippen LogP contribution in [0.5, 0.6) is 0 Å². The molecule has 0 amide bonds. The molecular formula is C23H23ClN4O2S2. The van der Waals surface area contributed by atoms with E-state index in [1.807, 2.05) is 36.1 Å². The lowest BCUT2D eigenvalue weighted by molar-refractivity contribution is 0.183. The zero-order valence-corrected chi connectivity index (χ0v) is 20.4. The molecule has 3 aromatic rings. The SMILES string of the molecule is COCCN1C(=S)NC(c2ccc(SC)cc2)C(c2nc(-c3cccc(Cl)c3)no2)=C1C. The van der Waals surface area contributed by atoms with Crippen LogP contribution < -0.4 is 5.32 Å². The quantitative estimate of drug-likeness (QED) is 0.351. The number of halogens is 1. The Morgan fingerprint density at radius 3 is 2.72 bits per heavy atom. The number of allylic oxidation sites excluding steroid dienone is 1. The van der Waals surface area contributed by atoms with Gasteiger partial charge in [-0.15, -0.1) is 11.8 Å². The minimum absolute atomic E-state index is 0.218. The molecule has 0 saturated carbocycles. The lowest BCUT2D eigenvalue weighted by Gasteiger charge is -2.37. The van der Waals surface area contributed by atoms with Crippen LogP contribution in [0.25, 0.3) is 17.0 Å². The third kappa shape index (κ3) is 4.68. The van der Waals surface area contributed by atoms with Gasteiger partial charge in [-0.25, -0.2) is 0 Å². The van der Waals surface area contributed by atoms with Crippen LogP contribution >= 0.6 is 35.6 Å². The Hall–Kier alpha value is -2.39. The third-order valence-corrected chi connectivity index (χ3v) is 6.62. The van der Waals surface area contributed by atoms with Crippen molar-refractivity contribution >= 4 is 46.3 Å². The first-order valence-electron chi connectivity index (χ1n) is 10.0. The van der Waals surface area contributed by atoms with Gasteiger partial charge in [0.05, 0.1) is 18.2 Å². The van der Waals surface area contributed by atoms with E-state index in [2.05, 4.69) is 41.0 Å². The van der Waals surface area contributed by atoms with E-state index in [1.165, 1.54) is 4.90 Å². The molecule has 0 radical (unpaired) electrons. The van der Waals surface area contributed by atoms with Gasteiger partial charge in [0, 0.05) is 34.8 Å². The van der Waals surface area contributed by atoms with Crippen LogP contribution in [0.2, 0.25) is 5.02 Å². The van der Waals surface area contributed by atoms with E-state index in [-0.39, 0.29) is 6.04 Å². The summed E-state index contributed by atoms with van der Waals surface area (Å²) in [5, 5.41) is 8.92. The minimum atomic E-state index is -0.218. The van der Waals surface area contributed by atoms with E-state index in [0.29, 0.717) is 35.0 Å². The maximum absolute atomic E-state index is 6.14. The van der Waals surface area contributed by atoms with Gasteiger partial charge in [-0.2, -0.15) is 4.98 Å². The first kappa shape index (κ1) is 22.8. The first-order valence-corrected chi connectivity index (χ1v) is 12.0. The Morgan fingerprint density at radius 2 is 2.03 bits per heavy atom. The molecule has 9 heteroatoms. The monoisotopic (exact) mass is 486 g/mol. The Balaban J connectivity index is 1.79. The van der Waals surface area contributed by atoms with Crippen molar-refractivity contribution in [2.45, 2.75) is 17.9 Å². The van der Waals surface area contributed by atoms with E-state index in [9.17, 15) is 0 Å². The van der Waals surface area contributed by atoms with Gasteiger partial charge in [0.15, 0.2) is 5.11 Å². The largest absolute Gasteiger partial charge is 0.383 e. The number of nitrogens with zero attached hydrogens (tertiary/aromatic N) is 3. The van der Waals surface area contributed by atoms with Gasteiger partial charge in [-0.1, -0.05) is 41.0 Å². The summed E-state index contributed by atoms with van der Waals surface area (Å²) in [4.78, 5) is 7.90. The zero-order chi connectivity index (χ0) is 22.7. The van der Waals surface area contributed by atoms with Gasteiger partial charge in [0.2, 0.25) is 5.82 Å². The minimum Gasteiger partial charge on any atom is -0.383 e. The Morgan fingerprint density at radius 1 is 1.25 bits per heavy atom. The zero-order valence-electron chi connectivity index (χ0n) is 18.0. The normalized spacial score (nSPS) is 16.4. The molecule has 0 fully saturated rings. The molecule has 0 bridgehead atoms. The van der Waals surface area contributed by atoms with Gasteiger partial charge in [0.25, 0.3) is 5.89 Å². The molecule has 1 atom stereocenters. The molecule has 0 aliphatic carbocycles. The number of ether oxygens (including phenoxy) is 1. The average Bonchev–Trinajstić information content (AvgIpc) is 3.28. The van der Waals surface area contributed by atoms with Crippen molar-refractivity contribution in [1.29, 1.82) is 0 Å². The van der Waals surface area contributed by atoms with Crippen LogP contribution in [-0.2, 0) is 4.74 Å². The van der Waals surface area contributed by atoms with Crippen LogP contribution in [0.1, 0.15) is 24.4 Å². The van der Waals surface area contributed by atoms with Crippen LogP contribution in [0.15, 0.2) is 63.6 Å². The molecule has 0 spiro atoms. The van der Waals surface area contributed by atoms with E-state index in [0.717, 1.165) is 22.4 Å². The van der Waals surface area contributed by atoms with Crippen molar-refractivity contribution in [1.82, 2.24) is 20.4 Å². The topological polar surface area (TPSA) is 63.4 Å². The summed E-state index contributed by atoms with van der Waals surface area (Å²) in [6.07, 6.45) is 2.06. The van der Waals surface area contributed by atoms with Crippen molar-refractivity contribution in [3.8, 4) is 11.4 Å². The van der Waals surface area contributed by atoms with Crippen LogP contribution in [-0.4, -0.2) is 46.7 Å². The molecule has 0 saturated heterocycles. The molecule has 2 aromatic carbocycles. The summed E-state index contributed by atoms with van der Waals surface area (Å²) in [7, 11) is 1.67. The smallest absolute Gasteiger partial charge is 0.258 e. The second kappa shape index (κ2) is 10.0. The number of benzene rings is 2. The second-order valence-electron chi connectivity index (χ2n) is 7.23. The number of nitrogens with one attached hydrogen (secondary N) is 1. The summed E-state index contributed by atoms with van der Waals surface area (Å²) >= 11 is 13.5. The van der Waals surface area contributed by atoms with Gasteiger partial charge in [0.1, 0.15) is 0 Å². The maximum atomic E-state index is 6.14. The lowest BCUT2D eigenvalue weighted by Crippen LogP contribution is -2.47. The number of thioether (sulfide) groups is 1. The fourth-order valence-corrected chi connectivity index (χ4v) is 4.58. The first-order chi connectivity index (χ1) is 15.5. The van der Waals surface area contributed by atoms with Crippen LogP contribution in [0.3, 0.4) is 0 Å². The molecule has 1 aliphatic rings. The summed E-state index contributed by atoms with van der Waals surface area (Å²) in [5.74, 6) is 0.921. The highest BCUT2D eigenvalue weighted by molar-refractivity contribution is 7.98. The van der Waals surface area contributed by atoms with E-state index < -0.39 is 0 Å². The Labute approximate surface area is 202 Å². The summed E-state index contributed by atoms with van der Waals surface area (Å²) in [5.41, 5.74) is 3.69. The van der Waals surface area contributed by atoms with E-state index >= 15 is 0 Å². The van der Waals surface area contributed by atoms with Gasteiger partial charge in [-0.3, -0.25) is 0 Å². The molecule has 4 rings (SSSR count). The van der Waals surface area contributed by atoms with E-state index in [1.54, 1.807) is 18.9 Å². The van der Waals surface area contributed by atoms with Crippen molar-refractivity contribution in [2.75, 3.05) is 26.5 Å². The van der Waals surface area contributed by atoms with Crippen molar-refractivity contribution in [3.05, 3.63) is 70.7 Å². The number of thiocarbonyl (C=S) groups is 1. The van der Waals surface area contributed by atoms with Crippen LogP contribution in [0.4, 0.5) is 0 Å². The molecule has 2 heterocycles. The number of rotatable bonds is 7. The molecule has 32 heavy (non-hydrogen) atoms. The highest BCUT2D eigenvalue weighted by Crippen LogP contribution is 2.37. The van der Waals surface area contributed by atoms with Crippen molar-refractivity contribution in [3.63, 3.8) is 0 Å². The maximum Gasteiger partial charge on any atom is 0.258 e. The molecule has 1 aliphatic heterocycles.